The van der Waals surface area contributed by atoms with Crippen molar-refractivity contribution in [3.63, 3.8) is 0 Å². The molecule has 0 atom stereocenters. The lowest BCUT2D eigenvalue weighted by Crippen LogP contribution is -2.08. The molecule has 0 aliphatic rings. The van der Waals surface area contributed by atoms with Crippen molar-refractivity contribution in [2.75, 3.05) is 7.11 Å². The molecule has 0 unspecified atom stereocenters. The highest BCUT2D eigenvalue weighted by molar-refractivity contribution is 5.90. The molecule has 0 aliphatic carbocycles. The highest BCUT2D eigenvalue weighted by atomic mass is 16.5. The van der Waals surface area contributed by atoms with E-state index in [1.165, 1.54) is 13.2 Å². The molecule has 6 rings (SSSR count). The lowest BCUT2D eigenvalue weighted by Gasteiger charge is -2.17. The Labute approximate surface area is 249 Å². The molecule has 0 aliphatic heterocycles. The number of hydrogen-bond donors (Lipinski definition) is 0. The maximum absolute atomic E-state index is 13.6. The highest BCUT2D eigenvalue weighted by Gasteiger charge is 2.22. The van der Waals surface area contributed by atoms with Gasteiger partial charge in [-0.1, -0.05) is 91.0 Å². The molecule has 0 N–H and O–H groups in total. The van der Waals surface area contributed by atoms with Gasteiger partial charge in [-0.15, -0.1) is 0 Å². The summed E-state index contributed by atoms with van der Waals surface area (Å²) < 4.78 is 30.4. The minimum atomic E-state index is -0.253. The van der Waals surface area contributed by atoms with Gasteiger partial charge in [0.05, 0.1) is 7.11 Å². The molecular formula is C37H30O6. The normalized spacial score (nSPS) is 10.8. The van der Waals surface area contributed by atoms with Gasteiger partial charge in [0.2, 0.25) is 5.75 Å². The molecule has 6 heteroatoms. The average molecular weight is 571 g/mol. The first kappa shape index (κ1) is 27.7. The maximum atomic E-state index is 13.6. The zero-order valence-electron chi connectivity index (χ0n) is 23.7. The van der Waals surface area contributed by atoms with Crippen molar-refractivity contribution in [3.8, 4) is 34.3 Å². The number of hydrogen-bond acceptors (Lipinski definition) is 6. The molecule has 0 saturated carbocycles. The predicted molar refractivity (Wildman–Crippen MR) is 167 cm³/mol. The molecule has 0 radical (unpaired) electrons. The monoisotopic (exact) mass is 570 g/mol. The minimum Gasteiger partial charge on any atom is -0.490 e. The van der Waals surface area contributed by atoms with Gasteiger partial charge in [-0.2, -0.15) is 0 Å². The standard InChI is InChI=1S/C37H30O6/c1-39-36-34(41-24-27-13-7-3-8-14-27)22-33-35(37(36)42-25-28-15-9-4-10-16-28)31(38)21-32(43-33)29-17-19-30(20-18-29)40-23-26-11-5-2-6-12-26/h2-22H,23-25H2,1H3. The van der Waals surface area contributed by atoms with Crippen molar-refractivity contribution in [3.05, 3.63) is 154 Å². The van der Waals surface area contributed by atoms with E-state index in [0.29, 0.717) is 41.8 Å². The third-order valence-corrected chi connectivity index (χ3v) is 6.95. The van der Waals surface area contributed by atoms with E-state index in [9.17, 15) is 4.79 Å². The molecule has 0 bridgehead atoms. The molecule has 0 fully saturated rings. The second-order valence-corrected chi connectivity index (χ2v) is 9.93. The largest absolute Gasteiger partial charge is 0.490 e. The summed E-state index contributed by atoms with van der Waals surface area (Å²) in [4.78, 5) is 13.6. The van der Waals surface area contributed by atoms with Crippen LogP contribution in [0, 0.1) is 0 Å². The lowest BCUT2D eigenvalue weighted by atomic mass is 10.1. The van der Waals surface area contributed by atoms with Gasteiger partial charge < -0.3 is 23.4 Å². The van der Waals surface area contributed by atoms with Crippen molar-refractivity contribution in [1.29, 1.82) is 0 Å². The van der Waals surface area contributed by atoms with E-state index in [1.807, 2.05) is 115 Å². The van der Waals surface area contributed by atoms with Gasteiger partial charge in [0, 0.05) is 17.7 Å². The average Bonchev–Trinajstić information content (AvgIpc) is 3.06. The number of benzene rings is 5. The van der Waals surface area contributed by atoms with Crippen molar-refractivity contribution in [2.24, 2.45) is 0 Å². The number of methoxy groups -OCH3 is 1. The predicted octanol–water partition coefficient (Wildman–Crippen LogP) is 8.21. The summed E-state index contributed by atoms with van der Waals surface area (Å²) in [5, 5.41) is 0.284. The third kappa shape index (κ3) is 6.54. The van der Waals surface area contributed by atoms with Gasteiger partial charge in [0.25, 0.3) is 0 Å². The van der Waals surface area contributed by atoms with Gasteiger partial charge in [-0.05, 0) is 41.0 Å². The molecule has 1 aromatic heterocycles. The van der Waals surface area contributed by atoms with Crippen LogP contribution in [0.4, 0.5) is 0 Å². The number of fused-ring (bicyclic) bond motifs is 1. The highest BCUT2D eigenvalue weighted by Crippen LogP contribution is 2.44. The van der Waals surface area contributed by atoms with Gasteiger partial charge in [0.15, 0.2) is 16.9 Å². The maximum Gasteiger partial charge on any atom is 0.204 e. The molecule has 5 aromatic carbocycles. The lowest BCUT2D eigenvalue weighted by molar-refractivity contribution is 0.259. The Morgan fingerprint density at radius 1 is 0.581 bits per heavy atom. The van der Waals surface area contributed by atoms with Gasteiger partial charge in [0.1, 0.15) is 42.3 Å². The molecule has 0 spiro atoms. The molecular weight excluding hydrogens is 540 g/mol. The van der Waals surface area contributed by atoms with Crippen molar-refractivity contribution in [1.82, 2.24) is 0 Å². The molecule has 1 heterocycles. The Bertz CT molecular complexity index is 1850. The van der Waals surface area contributed by atoms with E-state index in [-0.39, 0.29) is 23.2 Å². The van der Waals surface area contributed by atoms with Crippen LogP contribution in [0.15, 0.2) is 137 Å². The Balaban J connectivity index is 1.35. The van der Waals surface area contributed by atoms with Crippen LogP contribution < -0.4 is 24.4 Å². The van der Waals surface area contributed by atoms with E-state index in [1.54, 1.807) is 6.07 Å². The summed E-state index contributed by atoms with van der Waals surface area (Å²) in [5.74, 6) is 2.15. The van der Waals surface area contributed by atoms with Gasteiger partial charge in [-0.25, -0.2) is 0 Å². The second-order valence-electron chi connectivity index (χ2n) is 9.93. The minimum absolute atomic E-state index is 0.236. The van der Waals surface area contributed by atoms with Crippen molar-refractivity contribution in [2.45, 2.75) is 19.8 Å². The topological polar surface area (TPSA) is 67.1 Å². The van der Waals surface area contributed by atoms with E-state index in [4.69, 9.17) is 23.4 Å². The summed E-state index contributed by atoms with van der Waals surface area (Å²) >= 11 is 0. The van der Waals surface area contributed by atoms with Gasteiger partial charge in [-0.3, -0.25) is 4.79 Å². The van der Waals surface area contributed by atoms with Crippen LogP contribution in [-0.2, 0) is 19.8 Å². The fourth-order valence-electron chi connectivity index (χ4n) is 4.75. The summed E-state index contributed by atoms with van der Waals surface area (Å²) in [6, 6.07) is 40.1. The van der Waals surface area contributed by atoms with Crippen LogP contribution in [0.1, 0.15) is 16.7 Å². The molecule has 6 nitrogen and oxygen atoms in total. The number of ether oxygens (including phenoxy) is 4. The Kier molecular flexibility index (Phi) is 8.36. The zero-order chi connectivity index (χ0) is 29.4. The van der Waals surface area contributed by atoms with E-state index in [0.717, 1.165) is 22.3 Å². The van der Waals surface area contributed by atoms with Crippen LogP contribution in [0.3, 0.4) is 0 Å². The smallest absolute Gasteiger partial charge is 0.204 e. The van der Waals surface area contributed by atoms with Crippen LogP contribution in [0.5, 0.6) is 23.0 Å². The van der Waals surface area contributed by atoms with Crippen molar-refractivity contribution >= 4 is 11.0 Å². The summed E-state index contributed by atoms with van der Waals surface area (Å²) in [6.07, 6.45) is 0. The number of rotatable bonds is 11. The van der Waals surface area contributed by atoms with E-state index in [2.05, 4.69) is 0 Å². The third-order valence-electron chi connectivity index (χ3n) is 6.95. The molecule has 0 amide bonds. The molecule has 214 valence electrons. The van der Waals surface area contributed by atoms with Crippen LogP contribution in [0.25, 0.3) is 22.3 Å². The Morgan fingerprint density at radius 2 is 1.12 bits per heavy atom. The quantitative estimate of drug-likeness (QED) is 0.156. The fraction of sp³-hybridized carbons (Fsp3) is 0.108. The van der Waals surface area contributed by atoms with Crippen LogP contribution in [0.2, 0.25) is 0 Å². The molecule has 6 aromatic rings. The van der Waals surface area contributed by atoms with E-state index < -0.39 is 0 Å². The van der Waals surface area contributed by atoms with Crippen molar-refractivity contribution < 1.29 is 23.4 Å². The SMILES string of the molecule is COc1c(OCc2ccccc2)cc2oc(-c3ccc(OCc4ccccc4)cc3)cc(=O)c2c1OCc1ccccc1. The van der Waals surface area contributed by atoms with Gasteiger partial charge >= 0.3 is 0 Å². The zero-order valence-corrected chi connectivity index (χ0v) is 23.7. The fourth-order valence-corrected chi connectivity index (χ4v) is 4.75. The van der Waals surface area contributed by atoms with Crippen LogP contribution in [-0.4, -0.2) is 7.11 Å². The summed E-state index contributed by atoms with van der Waals surface area (Å²) in [6.45, 7) is 1.000. The Hall–Kier alpha value is -5.49. The first-order valence-corrected chi connectivity index (χ1v) is 14.0. The Morgan fingerprint density at radius 3 is 1.67 bits per heavy atom. The molecule has 0 saturated heterocycles. The summed E-state index contributed by atoms with van der Waals surface area (Å²) in [7, 11) is 1.53. The first-order valence-electron chi connectivity index (χ1n) is 14.0. The second kappa shape index (κ2) is 13.0. The summed E-state index contributed by atoms with van der Waals surface area (Å²) in [5.41, 5.74) is 3.83. The van der Waals surface area contributed by atoms with E-state index >= 15 is 0 Å². The van der Waals surface area contributed by atoms with Crippen LogP contribution >= 0.6 is 0 Å². The molecule has 43 heavy (non-hydrogen) atoms. The first-order chi connectivity index (χ1) is 21.2.